The number of methoxy groups -OCH3 is 1. The molecule has 4 rings (SSSR count). The van der Waals surface area contributed by atoms with Gasteiger partial charge in [0.2, 0.25) is 5.91 Å². The first-order chi connectivity index (χ1) is 14.1. The van der Waals surface area contributed by atoms with Crippen LogP contribution in [0.25, 0.3) is 16.3 Å². The largest absolute Gasteiger partial charge is 0.497 e. The summed E-state index contributed by atoms with van der Waals surface area (Å²) < 4.78 is 6.39. The number of fused-ring (bicyclic) bond motifs is 1. The molecule has 2 aromatic carbocycles. The summed E-state index contributed by atoms with van der Waals surface area (Å²) >= 11 is 1.76. The molecule has 0 spiro atoms. The van der Waals surface area contributed by atoms with Crippen LogP contribution in [0.2, 0.25) is 0 Å². The summed E-state index contributed by atoms with van der Waals surface area (Å²) in [5, 5.41) is 1.14. The lowest BCUT2D eigenvalue weighted by atomic mass is 10.2. The first kappa shape index (κ1) is 19.6. The van der Waals surface area contributed by atoms with Crippen molar-refractivity contribution in [1.29, 1.82) is 0 Å². The van der Waals surface area contributed by atoms with Gasteiger partial charge in [-0.3, -0.25) is 9.69 Å². The number of aromatic nitrogens is 1. The fraction of sp³-hybridized carbons (Fsp3) is 0.304. The van der Waals surface area contributed by atoms with Crippen LogP contribution in [0.1, 0.15) is 23.5 Å². The van der Waals surface area contributed by atoms with E-state index in [-0.39, 0.29) is 11.9 Å². The third-order valence-electron chi connectivity index (χ3n) is 5.38. The predicted molar refractivity (Wildman–Crippen MR) is 118 cm³/mol. The van der Waals surface area contributed by atoms with Gasteiger partial charge in [-0.25, -0.2) is 4.98 Å². The minimum absolute atomic E-state index is 0.0631. The Bertz CT molecular complexity index is 971. The van der Waals surface area contributed by atoms with Crippen LogP contribution in [-0.4, -0.2) is 54.0 Å². The lowest BCUT2D eigenvalue weighted by molar-refractivity contribution is -0.127. The fourth-order valence-corrected chi connectivity index (χ4v) is 4.60. The number of hydrogen-bond donors (Lipinski definition) is 0. The second-order valence-electron chi connectivity index (χ2n) is 7.16. The SMILES string of the molecule is COc1ccc(/C=C/C(=O)N2CCN(C(C)c3nc4ccccc4s3)CC2)cc1. The molecule has 1 fully saturated rings. The van der Waals surface area contributed by atoms with Gasteiger partial charge in [-0.05, 0) is 42.8 Å². The molecular formula is C23H25N3O2S. The van der Waals surface area contributed by atoms with Crippen LogP contribution < -0.4 is 4.74 Å². The Morgan fingerprint density at radius 3 is 2.52 bits per heavy atom. The molecule has 3 aromatic rings. The maximum atomic E-state index is 12.5. The highest BCUT2D eigenvalue weighted by Crippen LogP contribution is 2.29. The molecule has 6 heteroatoms. The zero-order valence-electron chi connectivity index (χ0n) is 16.7. The van der Waals surface area contributed by atoms with Crippen molar-refractivity contribution >= 4 is 33.5 Å². The van der Waals surface area contributed by atoms with Crippen LogP contribution in [-0.2, 0) is 4.79 Å². The van der Waals surface area contributed by atoms with Crippen molar-refractivity contribution in [3.63, 3.8) is 0 Å². The van der Waals surface area contributed by atoms with Gasteiger partial charge in [-0.1, -0.05) is 24.3 Å². The summed E-state index contributed by atoms with van der Waals surface area (Å²) in [5.74, 6) is 0.875. The number of carbonyl (C=O) groups is 1. The number of thiazole rings is 1. The summed E-state index contributed by atoms with van der Waals surface area (Å²) in [5.41, 5.74) is 2.05. The van der Waals surface area contributed by atoms with Gasteiger partial charge in [0.15, 0.2) is 0 Å². The summed E-state index contributed by atoms with van der Waals surface area (Å²) in [6.07, 6.45) is 3.52. The van der Waals surface area contributed by atoms with Crippen LogP contribution >= 0.6 is 11.3 Å². The number of nitrogens with zero attached hydrogens (tertiary/aromatic N) is 3. The number of benzene rings is 2. The molecule has 0 bridgehead atoms. The van der Waals surface area contributed by atoms with Crippen LogP contribution in [0.3, 0.4) is 0 Å². The molecule has 0 radical (unpaired) electrons. The van der Waals surface area contributed by atoms with Crippen molar-refractivity contribution in [3.8, 4) is 5.75 Å². The Balaban J connectivity index is 1.33. The third kappa shape index (κ3) is 4.49. The van der Waals surface area contributed by atoms with Crippen LogP contribution in [0.4, 0.5) is 0 Å². The highest BCUT2D eigenvalue weighted by Gasteiger charge is 2.25. The number of rotatable bonds is 5. The molecule has 1 aromatic heterocycles. The molecule has 2 heterocycles. The van der Waals surface area contributed by atoms with E-state index < -0.39 is 0 Å². The van der Waals surface area contributed by atoms with E-state index >= 15 is 0 Å². The first-order valence-electron chi connectivity index (χ1n) is 9.84. The Labute approximate surface area is 175 Å². The number of amides is 1. The molecule has 29 heavy (non-hydrogen) atoms. The molecule has 1 saturated heterocycles. The van der Waals surface area contributed by atoms with Gasteiger partial charge in [0.1, 0.15) is 10.8 Å². The normalized spacial score (nSPS) is 16.4. The van der Waals surface area contributed by atoms with Crippen molar-refractivity contribution < 1.29 is 9.53 Å². The Morgan fingerprint density at radius 2 is 1.83 bits per heavy atom. The predicted octanol–water partition coefficient (Wildman–Crippen LogP) is 4.22. The van der Waals surface area contributed by atoms with E-state index in [1.54, 1.807) is 24.5 Å². The number of hydrogen-bond acceptors (Lipinski definition) is 5. The Kier molecular flexibility index (Phi) is 5.92. The summed E-state index contributed by atoms with van der Waals surface area (Å²) in [4.78, 5) is 21.7. The summed E-state index contributed by atoms with van der Waals surface area (Å²) in [6, 6.07) is 16.2. The smallest absolute Gasteiger partial charge is 0.246 e. The van der Waals surface area contributed by atoms with Gasteiger partial charge in [0, 0.05) is 32.3 Å². The van der Waals surface area contributed by atoms with E-state index in [1.807, 2.05) is 41.3 Å². The third-order valence-corrected chi connectivity index (χ3v) is 6.58. The van der Waals surface area contributed by atoms with Crippen molar-refractivity contribution in [2.45, 2.75) is 13.0 Å². The maximum Gasteiger partial charge on any atom is 0.246 e. The van der Waals surface area contributed by atoms with Crippen molar-refractivity contribution in [1.82, 2.24) is 14.8 Å². The molecule has 1 unspecified atom stereocenters. The second kappa shape index (κ2) is 8.76. The lowest BCUT2D eigenvalue weighted by Gasteiger charge is -2.37. The number of carbonyl (C=O) groups excluding carboxylic acids is 1. The van der Waals surface area contributed by atoms with E-state index in [2.05, 4.69) is 30.0 Å². The van der Waals surface area contributed by atoms with Gasteiger partial charge in [-0.15, -0.1) is 11.3 Å². The van der Waals surface area contributed by atoms with E-state index in [4.69, 9.17) is 9.72 Å². The standard InChI is InChI=1S/C23H25N3O2S/c1-17(23-24-20-5-3-4-6-21(20)29-23)25-13-15-26(16-14-25)22(27)12-9-18-7-10-19(28-2)11-8-18/h3-12,17H,13-16H2,1-2H3/b12-9+. The highest BCUT2D eigenvalue weighted by molar-refractivity contribution is 7.18. The number of ether oxygens (including phenoxy) is 1. The van der Waals surface area contributed by atoms with Crippen LogP contribution in [0, 0.1) is 0 Å². The Morgan fingerprint density at radius 1 is 1.10 bits per heavy atom. The monoisotopic (exact) mass is 407 g/mol. The van der Waals surface area contributed by atoms with Gasteiger partial charge < -0.3 is 9.64 Å². The molecular weight excluding hydrogens is 382 g/mol. The molecule has 1 atom stereocenters. The fourth-order valence-electron chi connectivity index (χ4n) is 3.54. The van der Waals surface area contributed by atoms with Crippen molar-refractivity contribution in [3.05, 3.63) is 65.2 Å². The first-order valence-corrected chi connectivity index (χ1v) is 10.7. The summed E-state index contributed by atoms with van der Waals surface area (Å²) in [7, 11) is 1.64. The molecule has 0 N–H and O–H groups in total. The quantitative estimate of drug-likeness (QED) is 0.594. The Hall–Kier alpha value is -2.70. The zero-order valence-corrected chi connectivity index (χ0v) is 17.6. The lowest BCUT2D eigenvalue weighted by Crippen LogP contribution is -2.48. The van der Waals surface area contributed by atoms with E-state index in [0.717, 1.165) is 48.0 Å². The second-order valence-corrected chi connectivity index (χ2v) is 8.23. The number of para-hydroxylation sites is 1. The number of piperazine rings is 1. The van der Waals surface area contributed by atoms with Gasteiger partial charge in [-0.2, -0.15) is 0 Å². The molecule has 5 nitrogen and oxygen atoms in total. The highest BCUT2D eigenvalue weighted by atomic mass is 32.1. The average molecular weight is 408 g/mol. The average Bonchev–Trinajstić information content (AvgIpc) is 3.22. The minimum atomic E-state index is 0.0631. The molecule has 0 aliphatic carbocycles. The van der Waals surface area contributed by atoms with Gasteiger partial charge in [0.05, 0.1) is 23.4 Å². The topological polar surface area (TPSA) is 45.7 Å². The van der Waals surface area contributed by atoms with Gasteiger partial charge >= 0.3 is 0 Å². The van der Waals surface area contributed by atoms with Crippen LogP contribution in [0.5, 0.6) is 5.75 Å². The molecule has 1 aliphatic rings. The van der Waals surface area contributed by atoms with Gasteiger partial charge in [0.25, 0.3) is 0 Å². The van der Waals surface area contributed by atoms with Crippen molar-refractivity contribution in [2.75, 3.05) is 33.3 Å². The molecule has 0 saturated carbocycles. The molecule has 1 aliphatic heterocycles. The maximum absolute atomic E-state index is 12.5. The van der Waals surface area contributed by atoms with E-state index in [9.17, 15) is 4.79 Å². The summed E-state index contributed by atoms with van der Waals surface area (Å²) in [6.45, 7) is 5.40. The van der Waals surface area contributed by atoms with Crippen LogP contribution in [0.15, 0.2) is 54.6 Å². The minimum Gasteiger partial charge on any atom is -0.497 e. The molecule has 1 amide bonds. The van der Waals surface area contributed by atoms with Crippen molar-refractivity contribution in [2.24, 2.45) is 0 Å². The molecule has 150 valence electrons. The zero-order chi connectivity index (χ0) is 20.2. The van der Waals surface area contributed by atoms with E-state index in [0.29, 0.717) is 0 Å². The van der Waals surface area contributed by atoms with E-state index in [1.165, 1.54) is 4.70 Å².